The molecule has 1 saturated heterocycles. The number of aliphatic hydroxyl groups excluding tert-OH is 1. The van der Waals surface area contributed by atoms with Crippen molar-refractivity contribution < 1.29 is 9.84 Å². The summed E-state index contributed by atoms with van der Waals surface area (Å²) in [4.78, 5) is 4.71. The van der Waals surface area contributed by atoms with Gasteiger partial charge in [-0.05, 0) is 35.7 Å². The summed E-state index contributed by atoms with van der Waals surface area (Å²) >= 11 is 0. The second-order valence-electron chi connectivity index (χ2n) is 7.31. The van der Waals surface area contributed by atoms with Crippen LogP contribution in [-0.4, -0.2) is 55.4 Å². The number of rotatable bonds is 7. The molecule has 2 aromatic carbocycles. The summed E-state index contributed by atoms with van der Waals surface area (Å²) < 4.78 is 5.75. The molecule has 156 valence electrons. The van der Waals surface area contributed by atoms with Crippen LogP contribution in [0.4, 0.5) is 5.69 Å². The first-order chi connectivity index (χ1) is 12.6. The van der Waals surface area contributed by atoms with Gasteiger partial charge < -0.3 is 14.7 Å². The Morgan fingerprint density at radius 2 is 1.50 bits per heavy atom. The first-order valence-electron chi connectivity index (χ1n) is 9.55. The summed E-state index contributed by atoms with van der Waals surface area (Å²) in [6, 6.07) is 18.7. The van der Waals surface area contributed by atoms with Crippen LogP contribution >= 0.6 is 24.8 Å². The van der Waals surface area contributed by atoms with Crippen molar-refractivity contribution in [1.82, 2.24) is 4.90 Å². The van der Waals surface area contributed by atoms with Crippen molar-refractivity contribution in [3.63, 3.8) is 0 Å². The number of hydrogen-bond acceptors (Lipinski definition) is 4. The Hall–Kier alpha value is -1.46. The molecule has 0 spiro atoms. The number of piperazine rings is 1. The third-order valence-electron chi connectivity index (χ3n) is 4.95. The molecule has 0 bridgehead atoms. The molecule has 0 amide bonds. The summed E-state index contributed by atoms with van der Waals surface area (Å²) in [7, 11) is 0. The van der Waals surface area contributed by atoms with Gasteiger partial charge in [-0.2, -0.15) is 0 Å². The van der Waals surface area contributed by atoms with Gasteiger partial charge in [0.2, 0.25) is 0 Å². The van der Waals surface area contributed by atoms with Crippen molar-refractivity contribution in [1.29, 1.82) is 0 Å². The minimum atomic E-state index is -0.469. The zero-order chi connectivity index (χ0) is 18.4. The Morgan fingerprint density at radius 1 is 0.893 bits per heavy atom. The minimum Gasteiger partial charge on any atom is -0.491 e. The van der Waals surface area contributed by atoms with Gasteiger partial charge in [0.25, 0.3) is 0 Å². The summed E-state index contributed by atoms with van der Waals surface area (Å²) in [5, 5.41) is 10.3. The number of halogens is 2. The van der Waals surface area contributed by atoms with E-state index in [4.69, 9.17) is 4.74 Å². The molecule has 0 radical (unpaired) electrons. The predicted octanol–water partition coefficient (Wildman–Crippen LogP) is 4.22. The number of β-amino-alcohol motifs (C(OH)–C–C–N with tert-alkyl or cyclic N) is 1. The molecule has 2 aromatic rings. The predicted molar refractivity (Wildman–Crippen MR) is 122 cm³/mol. The normalized spacial score (nSPS) is 15.5. The highest BCUT2D eigenvalue weighted by Crippen LogP contribution is 2.19. The third-order valence-corrected chi connectivity index (χ3v) is 4.95. The van der Waals surface area contributed by atoms with Gasteiger partial charge in [-0.15, -0.1) is 24.8 Å². The molecule has 3 rings (SSSR count). The fraction of sp³-hybridized carbons (Fsp3) is 0.455. The first kappa shape index (κ1) is 24.6. The molecule has 0 aromatic heterocycles. The fourth-order valence-electron chi connectivity index (χ4n) is 3.32. The molecule has 4 nitrogen and oxygen atoms in total. The van der Waals surface area contributed by atoms with Gasteiger partial charge in [0.1, 0.15) is 18.5 Å². The van der Waals surface area contributed by atoms with Crippen LogP contribution in [0.1, 0.15) is 25.3 Å². The Balaban J connectivity index is 0.00000196. The lowest BCUT2D eigenvalue weighted by Crippen LogP contribution is -2.49. The van der Waals surface area contributed by atoms with Gasteiger partial charge in [-0.25, -0.2) is 0 Å². The highest BCUT2D eigenvalue weighted by molar-refractivity contribution is 5.85. The lowest BCUT2D eigenvalue weighted by Gasteiger charge is -2.36. The lowest BCUT2D eigenvalue weighted by molar-refractivity contribution is 0.0663. The SMILES string of the molecule is CC(C)c1ccc(OCC(O)CN2CCN(c3ccccc3)CC2)cc1.Cl.Cl. The Morgan fingerprint density at radius 3 is 2.07 bits per heavy atom. The van der Waals surface area contributed by atoms with E-state index in [1.807, 2.05) is 18.2 Å². The molecular weight excluding hydrogens is 395 g/mol. The van der Waals surface area contributed by atoms with Crippen molar-refractivity contribution in [2.24, 2.45) is 0 Å². The van der Waals surface area contributed by atoms with E-state index in [0.29, 0.717) is 19.1 Å². The van der Waals surface area contributed by atoms with Crippen molar-refractivity contribution in [2.45, 2.75) is 25.9 Å². The summed E-state index contributed by atoms with van der Waals surface area (Å²) in [6.45, 7) is 9.27. The summed E-state index contributed by atoms with van der Waals surface area (Å²) in [5.74, 6) is 1.34. The number of hydrogen-bond donors (Lipinski definition) is 1. The molecule has 1 N–H and O–H groups in total. The molecule has 1 aliphatic rings. The fourth-order valence-corrected chi connectivity index (χ4v) is 3.32. The zero-order valence-corrected chi connectivity index (χ0v) is 18.3. The van der Waals surface area contributed by atoms with E-state index in [0.717, 1.165) is 31.9 Å². The lowest BCUT2D eigenvalue weighted by atomic mass is 10.0. The van der Waals surface area contributed by atoms with Crippen molar-refractivity contribution in [3.05, 3.63) is 60.2 Å². The highest BCUT2D eigenvalue weighted by Gasteiger charge is 2.19. The third kappa shape index (κ3) is 7.17. The van der Waals surface area contributed by atoms with E-state index in [-0.39, 0.29) is 24.8 Å². The summed E-state index contributed by atoms with van der Waals surface area (Å²) in [6.07, 6.45) is -0.469. The number of nitrogens with zero attached hydrogens (tertiary/aromatic N) is 2. The largest absolute Gasteiger partial charge is 0.491 e. The van der Waals surface area contributed by atoms with Crippen LogP contribution in [0, 0.1) is 0 Å². The van der Waals surface area contributed by atoms with Crippen LogP contribution in [0.25, 0.3) is 0 Å². The van der Waals surface area contributed by atoms with E-state index in [1.165, 1.54) is 11.3 Å². The smallest absolute Gasteiger partial charge is 0.119 e. The molecule has 1 fully saturated rings. The molecule has 1 atom stereocenters. The second kappa shape index (κ2) is 12.2. The maximum Gasteiger partial charge on any atom is 0.119 e. The average molecular weight is 427 g/mol. The number of ether oxygens (including phenoxy) is 1. The van der Waals surface area contributed by atoms with E-state index in [1.54, 1.807) is 0 Å². The Kier molecular flexibility index (Phi) is 10.7. The van der Waals surface area contributed by atoms with Crippen LogP contribution in [0.2, 0.25) is 0 Å². The van der Waals surface area contributed by atoms with Crippen LogP contribution in [-0.2, 0) is 0 Å². The van der Waals surface area contributed by atoms with Crippen LogP contribution < -0.4 is 9.64 Å². The average Bonchev–Trinajstić information content (AvgIpc) is 2.68. The second-order valence-corrected chi connectivity index (χ2v) is 7.31. The Labute approximate surface area is 181 Å². The van der Waals surface area contributed by atoms with E-state index in [9.17, 15) is 5.11 Å². The van der Waals surface area contributed by atoms with Gasteiger partial charge in [-0.1, -0.05) is 44.2 Å². The molecule has 0 saturated carbocycles. The van der Waals surface area contributed by atoms with Crippen LogP contribution in [0.3, 0.4) is 0 Å². The molecule has 1 unspecified atom stereocenters. The van der Waals surface area contributed by atoms with Crippen molar-refractivity contribution in [3.8, 4) is 5.75 Å². The molecule has 1 aliphatic heterocycles. The van der Waals surface area contributed by atoms with Crippen molar-refractivity contribution >= 4 is 30.5 Å². The molecule has 28 heavy (non-hydrogen) atoms. The maximum absolute atomic E-state index is 10.3. The van der Waals surface area contributed by atoms with Gasteiger partial charge >= 0.3 is 0 Å². The van der Waals surface area contributed by atoms with E-state index < -0.39 is 6.10 Å². The van der Waals surface area contributed by atoms with Crippen molar-refractivity contribution in [2.75, 3.05) is 44.2 Å². The van der Waals surface area contributed by atoms with Gasteiger partial charge in [0, 0.05) is 38.4 Å². The zero-order valence-electron chi connectivity index (χ0n) is 16.7. The topological polar surface area (TPSA) is 35.9 Å². The standard InChI is InChI=1S/C22H30N2O2.2ClH/c1-18(2)19-8-10-22(11-9-19)26-17-21(25)16-23-12-14-24(15-13-23)20-6-4-3-5-7-20;;/h3-11,18,21,25H,12-17H2,1-2H3;2*1H. The summed E-state index contributed by atoms with van der Waals surface area (Å²) in [5.41, 5.74) is 2.58. The quantitative estimate of drug-likeness (QED) is 0.718. The number of anilines is 1. The van der Waals surface area contributed by atoms with Crippen LogP contribution in [0.15, 0.2) is 54.6 Å². The van der Waals surface area contributed by atoms with Gasteiger partial charge in [0.15, 0.2) is 0 Å². The highest BCUT2D eigenvalue weighted by atomic mass is 35.5. The Bertz CT molecular complexity index is 660. The molecule has 6 heteroatoms. The number of para-hydroxylation sites is 1. The molecule has 1 heterocycles. The molecule has 0 aliphatic carbocycles. The van der Waals surface area contributed by atoms with Gasteiger partial charge in [0.05, 0.1) is 0 Å². The first-order valence-corrected chi connectivity index (χ1v) is 9.55. The van der Waals surface area contributed by atoms with Crippen LogP contribution in [0.5, 0.6) is 5.75 Å². The van der Waals surface area contributed by atoms with Gasteiger partial charge in [-0.3, -0.25) is 4.90 Å². The van der Waals surface area contributed by atoms with E-state index in [2.05, 4.69) is 60.0 Å². The monoisotopic (exact) mass is 426 g/mol. The van der Waals surface area contributed by atoms with E-state index >= 15 is 0 Å². The number of aliphatic hydroxyl groups is 1. The minimum absolute atomic E-state index is 0. The number of benzene rings is 2. The maximum atomic E-state index is 10.3. The molecular formula is C22H32Cl2N2O2.